The molecule has 12 rings (SSSR count). The number of aromatic hydroxyl groups is 5. The van der Waals surface area contributed by atoms with Crippen LogP contribution in [0.1, 0.15) is 151 Å². The lowest BCUT2D eigenvalue weighted by Crippen LogP contribution is -2.50. The van der Waals surface area contributed by atoms with Gasteiger partial charge in [-0.05, 0) is 135 Å². The summed E-state index contributed by atoms with van der Waals surface area (Å²) in [5, 5.41) is 100. The fraction of sp³-hybridized carbons (Fsp3) is 0.356. The number of carbonyl (C=O) groups excluding carboxylic acids is 10. The van der Waals surface area contributed by atoms with E-state index in [0.29, 0.717) is 72.1 Å². The van der Waals surface area contributed by atoms with Crippen LogP contribution in [0.3, 0.4) is 0 Å². The van der Waals surface area contributed by atoms with E-state index in [1.54, 1.807) is 30.3 Å². The predicted octanol–water partition coefficient (Wildman–Crippen LogP) is 4.71. The Kier molecular flexibility index (Phi) is 31.3. The first-order chi connectivity index (χ1) is 58.4. The topological polar surface area (TPSA) is 485 Å². The molecule has 34 nitrogen and oxygen atoms in total. The van der Waals surface area contributed by atoms with E-state index in [0.717, 1.165) is 0 Å². The first kappa shape index (κ1) is 88.4. The molecule has 5 aliphatic heterocycles. The molecule has 0 radical (unpaired) electrons. The third kappa shape index (κ3) is 24.2. The number of phenolic OH excluding ortho intramolecular Hbond substituents is 5. The van der Waals surface area contributed by atoms with E-state index in [-0.39, 0.29) is 235 Å². The highest BCUT2D eigenvalue weighted by Gasteiger charge is 2.30. The Labute approximate surface area is 696 Å². The number of nitrogens with zero attached hydrogens (tertiary/aromatic N) is 4. The van der Waals surface area contributed by atoms with Gasteiger partial charge in [-0.2, -0.15) is 0 Å². The summed E-state index contributed by atoms with van der Waals surface area (Å²) in [4.78, 5) is 172. The number of benzene rings is 7. The van der Waals surface area contributed by atoms with Gasteiger partial charge >= 0.3 is 5.97 Å². The van der Waals surface area contributed by atoms with Gasteiger partial charge in [0.25, 0.3) is 47.3 Å². The monoisotopic (exact) mass is 1660 g/mol. The van der Waals surface area contributed by atoms with Crippen LogP contribution in [0, 0.1) is 0 Å². The highest BCUT2D eigenvalue weighted by Crippen LogP contribution is 2.42. The molecule has 0 aromatic heterocycles. The molecule has 0 spiro atoms. The van der Waals surface area contributed by atoms with Crippen molar-refractivity contribution in [1.82, 2.24) is 72.8 Å². The van der Waals surface area contributed by atoms with Gasteiger partial charge < -0.3 is 93.5 Å². The van der Waals surface area contributed by atoms with Crippen molar-refractivity contribution in [3.63, 3.8) is 0 Å². The van der Waals surface area contributed by atoms with E-state index >= 15 is 4.79 Å². The van der Waals surface area contributed by atoms with E-state index in [1.165, 1.54) is 97.1 Å². The Bertz CT molecular complexity index is 5190. The van der Waals surface area contributed by atoms with E-state index in [2.05, 4.69) is 65.1 Å². The zero-order valence-electron chi connectivity index (χ0n) is 66.8. The number of hydrogen-bond acceptors (Lipinski definition) is 24. The van der Waals surface area contributed by atoms with E-state index in [1.807, 2.05) is 19.6 Å². The van der Waals surface area contributed by atoms with Crippen molar-refractivity contribution in [2.45, 2.75) is 69.9 Å². The van der Waals surface area contributed by atoms with E-state index in [4.69, 9.17) is 9.52 Å². The minimum Gasteiger partial charge on any atom is -0.508 e. The number of unbranched alkanes of at least 4 members (excludes halogenated alkanes) is 2. The van der Waals surface area contributed by atoms with Gasteiger partial charge in [0.05, 0.1) is 50.3 Å². The van der Waals surface area contributed by atoms with Gasteiger partial charge in [0.1, 0.15) is 40.1 Å². The average Bonchev–Trinajstić information content (AvgIpc) is 0.747. The van der Waals surface area contributed by atoms with Crippen LogP contribution in [0.5, 0.6) is 28.7 Å². The molecule has 5 heterocycles. The largest absolute Gasteiger partial charge is 0.508 e. The first-order valence-corrected chi connectivity index (χ1v) is 40.4. The number of anilines is 1. The Morgan fingerprint density at radius 2 is 0.826 bits per heavy atom. The second kappa shape index (κ2) is 42.8. The molecule has 9 amide bonds. The van der Waals surface area contributed by atoms with Crippen LogP contribution in [0.15, 0.2) is 149 Å². The molecule has 638 valence electrons. The normalized spacial score (nSPS) is 19.2. The lowest BCUT2D eigenvalue weighted by atomic mass is 9.91. The molecule has 6 aliphatic rings. The van der Waals surface area contributed by atoms with Crippen LogP contribution in [0.4, 0.5) is 5.69 Å². The maximum atomic E-state index is 15.0. The van der Waals surface area contributed by atoms with Crippen molar-refractivity contribution in [1.29, 1.82) is 0 Å². The van der Waals surface area contributed by atoms with Crippen LogP contribution >= 0.6 is 0 Å². The van der Waals surface area contributed by atoms with Gasteiger partial charge in [0.15, 0.2) is 11.7 Å². The molecule has 0 saturated heterocycles. The molecule has 121 heavy (non-hydrogen) atoms. The van der Waals surface area contributed by atoms with Crippen LogP contribution in [-0.2, 0) is 9.59 Å². The van der Waals surface area contributed by atoms with Gasteiger partial charge in [-0.3, -0.25) is 77.1 Å². The quantitative estimate of drug-likeness (QED) is 0.0296. The number of aliphatic carboxylic acids is 1. The summed E-state index contributed by atoms with van der Waals surface area (Å²) in [5.74, 6) is -9.13. The SMILES string of the molecule is C=C(NCCCCC1CN2CCNC(=O)c3cccc(c3O)C(=O)NCCN(CCNC(=O)c3cccc(c3O)C(=O)N1)CCN1CCNC(=O)c3cccc(c3O)C(=O)NCCN(CC2)CC(CCCCNC(=O)CCCC(=O)O)NC(=O)c2cccc(c2O)C(=O)NCC1)Nc1ccc(-c2c3ccc(=O)cc-3oc3cc(O)ccc23)c(C=O)c1. The van der Waals surface area contributed by atoms with Crippen LogP contribution < -0.4 is 63.9 Å². The number of rotatable bonds is 19. The van der Waals surface area contributed by atoms with Crippen molar-refractivity contribution in [2.75, 3.05) is 136 Å². The zero-order chi connectivity index (χ0) is 86.1. The number of carboxylic acids is 1. The molecular weight excluding hydrogens is 1560 g/mol. The molecule has 6 aromatic rings. The minimum absolute atomic E-state index is 0.00425. The van der Waals surface area contributed by atoms with Crippen LogP contribution in [-0.4, -0.2) is 259 Å². The van der Waals surface area contributed by atoms with Crippen molar-refractivity contribution in [3.8, 4) is 51.2 Å². The Morgan fingerprint density at radius 3 is 1.25 bits per heavy atom. The number of nitrogens with one attached hydrogen (secondary N) is 11. The van der Waals surface area contributed by atoms with Crippen molar-refractivity contribution in [3.05, 3.63) is 200 Å². The lowest BCUT2D eigenvalue weighted by molar-refractivity contribution is -0.137. The fourth-order valence-electron chi connectivity index (χ4n) is 14.9. The molecule has 17 N–H and O–H groups in total. The standard InChI is InChI=1S/C87H101N15O19/c1-53(96-55-23-26-60(54(47-55)52-103)75-61-27-24-58(104)48-71(61)121-72-49-59(105)25-28-62(72)75)88-29-4-2-11-56-50-101-41-35-94-82(115)65-15-6-13-63(76(65)109)80(113)90-31-37-99(39-33-92-84(117)67-17-8-19-69(78(67)111)86(119)97-56)43-44-100-38-32-91-81(114)64-14-7-16-66(77(64)110)83(116)95-36-42-102(46-45-101)51-57(12-3-5-30-89-73(106)21-10-22-74(107)108)98-87(120)70-20-9-18-68(79(70)112)85(118)93-34-40-100/h6-9,13-20,23-28,47-49,52,56-57,88,96,104,109-112H,1-5,10-12,21-22,29-46,50-51H2,(H,89,106)(H,90,113)(H,91,114)(H,92,117)(H,93,118)(H,94,115)(H,95,116)(H,97,119)(H,98,120)(H,107,108). The molecule has 6 aromatic carbocycles. The number of para-hydroxylation sites is 4. The smallest absolute Gasteiger partial charge is 0.303 e. The molecule has 6 atom stereocenters. The Hall–Kier alpha value is -13.4. The summed E-state index contributed by atoms with van der Waals surface area (Å²) in [6.07, 6.45) is 2.71. The van der Waals surface area contributed by atoms with Gasteiger partial charge in [-0.1, -0.05) is 36.9 Å². The zero-order valence-corrected chi connectivity index (χ0v) is 66.8. The Morgan fingerprint density at radius 1 is 0.430 bits per heavy atom. The Balaban J connectivity index is 0.938. The van der Waals surface area contributed by atoms with Crippen molar-refractivity contribution < 1.29 is 87.8 Å². The number of fused-ring (bicyclic) bond motifs is 18. The van der Waals surface area contributed by atoms with Gasteiger partial charge in [-0.25, -0.2) is 0 Å². The van der Waals surface area contributed by atoms with Crippen LogP contribution in [0.2, 0.25) is 0 Å². The molecule has 6 unspecified atom stereocenters. The fourth-order valence-corrected chi connectivity index (χ4v) is 14.9. The summed E-state index contributed by atoms with van der Waals surface area (Å²) in [6.45, 7) is 5.30. The number of amides is 9. The van der Waals surface area contributed by atoms with E-state index in [9.17, 15) is 78.3 Å². The third-order valence-corrected chi connectivity index (χ3v) is 21.3. The molecule has 0 saturated carbocycles. The number of phenols is 5. The second-order valence-electron chi connectivity index (χ2n) is 29.8. The second-order valence-corrected chi connectivity index (χ2v) is 29.8. The van der Waals surface area contributed by atoms with Crippen molar-refractivity contribution in [2.24, 2.45) is 0 Å². The third-order valence-electron chi connectivity index (χ3n) is 21.3. The average molecular weight is 1660 g/mol. The highest BCUT2D eigenvalue weighted by atomic mass is 16.4. The maximum absolute atomic E-state index is 15.0. The first-order valence-electron chi connectivity index (χ1n) is 40.4. The van der Waals surface area contributed by atoms with Crippen molar-refractivity contribution >= 4 is 82.1 Å². The minimum atomic E-state index is -1.04. The molecule has 12 bridgehead atoms. The number of carbonyl (C=O) groups is 11. The summed E-state index contributed by atoms with van der Waals surface area (Å²) < 4.78 is 6.04. The molecule has 34 heteroatoms. The summed E-state index contributed by atoms with van der Waals surface area (Å²) in [7, 11) is 0. The molecule has 0 fully saturated rings. The van der Waals surface area contributed by atoms with Gasteiger partial charge in [0, 0.05) is 196 Å². The summed E-state index contributed by atoms with van der Waals surface area (Å²) in [5.41, 5.74) is 0.701. The molecular formula is C87H101N15O19. The highest BCUT2D eigenvalue weighted by molar-refractivity contribution is 6.09. The molecule has 1 aliphatic carbocycles. The van der Waals surface area contributed by atoms with Gasteiger partial charge in [-0.15, -0.1) is 0 Å². The summed E-state index contributed by atoms with van der Waals surface area (Å²) >= 11 is 0. The van der Waals surface area contributed by atoms with E-state index < -0.39 is 88.3 Å². The number of hydrogen-bond donors (Lipinski definition) is 17. The van der Waals surface area contributed by atoms with Crippen LogP contribution in [0.25, 0.3) is 33.4 Å². The number of aldehydes is 1. The van der Waals surface area contributed by atoms with Gasteiger partial charge in [0.2, 0.25) is 5.91 Å². The maximum Gasteiger partial charge on any atom is 0.303 e. The lowest BCUT2D eigenvalue weighted by Gasteiger charge is -2.33. The summed E-state index contributed by atoms with van der Waals surface area (Å²) in [6, 6.07) is 29.2. The predicted molar refractivity (Wildman–Crippen MR) is 449 cm³/mol. The number of carboxylic acid groups (broad SMARTS) is 1.